The van der Waals surface area contributed by atoms with E-state index >= 15 is 0 Å². The molecule has 7 heteroatoms. The molecule has 0 fully saturated rings. The molecular weight excluding hydrogens is 388 g/mol. The second kappa shape index (κ2) is 9.15. The van der Waals surface area contributed by atoms with E-state index in [1.807, 2.05) is 26.0 Å². The zero-order valence-corrected chi connectivity index (χ0v) is 17.4. The number of benzene rings is 2. The minimum absolute atomic E-state index is 0.174. The number of nitrogens with zero attached hydrogens (tertiary/aromatic N) is 2. The van der Waals surface area contributed by atoms with Crippen LogP contribution in [-0.4, -0.2) is 36.8 Å². The Bertz CT molecular complexity index is 1090. The summed E-state index contributed by atoms with van der Waals surface area (Å²) in [7, 11) is -3.58. The van der Waals surface area contributed by atoms with Crippen LogP contribution in [-0.2, 0) is 10.0 Å². The first kappa shape index (κ1) is 21.0. The van der Waals surface area contributed by atoms with Gasteiger partial charge in [-0.2, -0.15) is 4.31 Å². The standard InChI is InChI=1S/C22H24N2O4S/c1-3-13-24(14-4-2)29(26,27)21-9-6-18(7-10-21)22(25)28-20-8-5-17-11-12-23-16-19(17)15-20/h5-12,15-16H,3-4,13-14H2,1-2H3. The van der Waals surface area contributed by atoms with Gasteiger partial charge in [-0.15, -0.1) is 0 Å². The first-order chi connectivity index (χ1) is 14.0. The summed E-state index contributed by atoms with van der Waals surface area (Å²) < 4.78 is 32.5. The molecule has 2 aromatic carbocycles. The van der Waals surface area contributed by atoms with E-state index in [-0.39, 0.29) is 10.5 Å². The largest absolute Gasteiger partial charge is 0.423 e. The van der Waals surface area contributed by atoms with Crippen LogP contribution in [0.1, 0.15) is 37.0 Å². The number of sulfonamides is 1. The van der Waals surface area contributed by atoms with Gasteiger partial charge >= 0.3 is 5.97 Å². The molecule has 0 aliphatic heterocycles. The van der Waals surface area contributed by atoms with Crippen LogP contribution in [0, 0.1) is 0 Å². The molecule has 0 aliphatic rings. The van der Waals surface area contributed by atoms with Gasteiger partial charge in [0.2, 0.25) is 10.0 Å². The van der Waals surface area contributed by atoms with E-state index in [0.717, 1.165) is 23.6 Å². The van der Waals surface area contributed by atoms with Crippen molar-refractivity contribution in [2.45, 2.75) is 31.6 Å². The fourth-order valence-electron chi connectivity index (χ4n) is 3.06. The molecule has 0 radical (unpaired) electrons. The van der Waals surface area contributed by atoms with Gasteiger partial charge in [-0.1, -0.05) is 19.9 Å². The van der Waals surface area contributed by atoms with E-state index < -0.39 is 16.0 Å². The third-order valence-electron chi connectivity index (χ3n) is 4.50. The van der Waals surface area contributed by atoms with Crippen LogP contribution in [0.25, 0.3) is 10.8 Å². The van der Waals surface area contributed by atoms with Gasteiger partial charge in [-0.3, -0.25) is 4.98 Å². The van der Waals surface area contributed by atoms with Crippen molar-refractivity contribution in [2.24, 2.45) is 0 Å². The van der Waals surface area contributed by atoms with Crippen molar-refractivity contribution in [3.05, 3.63) is 66.5 Å². The van der Waals surface area contributed by atoms with Gasteiger partial charge in [0.1, 0.15) is 5.75 Å². The monoisotopic (exact) mass is 412 g/mol. The van der Waals surface area contributed by atoms with Crippen LogP contribution < -0.4 is 4.74 Å². The lowest BCUT2D eigenvalue weighted by Gasteiger charge is -2.21. The van der Waals surface area contributed by atoms with Crippen molar-refractivity contribution in [1.82, 2.24) is 9.29 Å². The molecule has 0 spiro atoms. The fourth-order valence-corrected chi connectivity index (χ4v) is 4.68. The topological polar surface area (TPSA) is 76.6 Å². The van der Waals surface area contributed by atoms with Crippen LogP contribution in [0.3, 0.4) is 0 Å². The lowest BCUT2D eigenvalue weighted by Crippen LogP contribution is -2.32. The Labute approximate surface area is 171 Å². The predicted octanol–water partition coefficient (Wildman–Crippen LogP) is 4.26. The third-order valence-corrected chi connectivity index (χ3v) is 6.41. The molecule has 29 heavy (non-hydrogen) atoms. The smallest absolute Gasteiger partial charge is 0.343 e. The summed E-state index contributed by atoms with van der Waals surface area (Å²) >= 11 is 0. The Morgan fingerprint density at radius 2 is 1.66 bits per heavy atom. The Balaban J connectivity index is 1.77. The number of hydrogen-bond donors (Lipinski definition) is 0. The molecule has 3 aromatic rings. The lowest BCUT2D eigenvalue weighted by molar-refractivity contribution is 0.0735. The maximum absolute atomic E-state index is 12.8. The fraction of sp³-hybridized carbons (Fsp3) is 0.273. The molecule has 1 aromatic heterocycles. The summed E-state index contributed by atoms with van der Waals surface area (Å²) in [5, 5.41) is 1.87. The molecule has 3 rings (SSSR count). The Morgan fingerprint density at radius 1 is 0.966 bits per heavy atom. The average molecular weight is 413 g/mol. The Morgan fingerprint density at radius 3 is 2.31 bits per heavy atom. The molecule has 152 valence electrons. The van der Waals surface area contributed by atoms with Gasteiger partial charge in [-0.25, -0.2) is 13.2 Å². The minimum atomic E-state index is -3.58. The summed E-state index contributed by atoms with van der Waals surface area (Å²) in [6, 6.07) is 13.1. The molecule has 0 unspecified atom stereocenters. The molecular formula is C22H24N2O4S. The highest BCUT2D eigenvalue weighted by Gasteiger charge is 2.23. The van der Waals surface area contributed by atoms with Crippen molar-refractivity contribution in [3.63, 3.8) is 0 Å². The number of carbonyl (C=O) groups excluding carboxylic acids is 1. The van der Waals surface area contributed by atoms with E-state index in [9.17, 15) is 13.2 Å². The summed E-state index contributed by atoms with van der Waals surface area (Å²) in [6.45, 7) is 4.83. The zero-order valence-electron chi connectivity index (χ0n) is 16.5. The van der Waals surface area contributed by atoms with Gasteiger partial charge in [0.15, 0.2) is 0 Å². The van der Waals surface area contributed by atoms with Crippen LogP contribution in [0.2, 0.25) is 0 Å². The maximum Gasteiger partial charge on any atom is 0.343 e. The van der Waals surface area contributed by atoms with E-state index in [2.05, 4.69) is 4.98 Å². The second-order valence-corrected chi connectivity index (χ2v) is 8.64. The minimum Gasteiger partial charge on any atom is -0.423 e. The van der Waals surface area contributed by atoms with Crippen molar-refractivity contribution in [2.75, 3.05) is 13.1 Å². The number of ether oxygens (including phenoxy) is 1. The predicted molar refractivity (Wildman–Crippen MR) is 112 cm³/mol. The van der Waals surface area contributed by atoms with E-state index in [4.69, 9.17) is 4.74 Å². The average Bonchev–Trinajstić information content (AvgIpc) is 2.73. The number of aromatic nitrogens is 1. The number of pyridine rings is 1. The molecule has 0 saturated heterocycles. The number of fused-ring (bicyclic) bond motifs is 1. The molecule has 0 N–H and O–H groups in total. The summed E-state index contributed by atoms with van der Waals surface area (Å²) in [6.07, 6.45) is 4.88. The molecule has 0 atom stereocenters. The van der Waals surface area contributed by atoms with Crippen molar-refractivity contribution >= 4 is 26.8 Å². The maximum atomic E-state index is 12.8. The quantitative estimate of drug-likeness (QED) is 0.408. The van der Waals surface area contributed by atoms with E-state index in [1.54, 1.807) is 24.5 Å². The number of esters is 1. The van der Waals surface area contributed by atoms with Gasteiger partial charge in [-0.05, 0) is 60.7 Å². The zero-order chi connectivity index (χ0) is 20.9. The molecule has 0 amide bonds. The van der Waals surface area contributed by atoms with Crippen LogP contribution in [0.15, 0.2) is 65.8 Å². The van der Waals surface area contributed by atoms with Crippen LogP contribution in [0.4, 0.5) is 0 Å². The van der Waals surface area contributed by atoms with Gasteiger partial charge in [0.05, 0.1) is 10.5 Å². The molecule has 1 heterocycles. The van der Waals surface area contributed by atoms with Gasteiger partial charge < -0.3 is 4.74 Å². The van der Waals surface area contributed by atoms with Crippen LogP contribution >= 0.6 is 0 Å². The summed E-state index contributed by atoms with van der Waals surface area (Å²) in [5.41, 5.74) is 0.285. The third kappa shape index (κ3) is 4.81. The van der Waals surface area contributed by atoms with E-state index in [1.165, 1.54) is 28.6 Å². The Hall–Kier alpha value is -2.77. The van der Waals surface area contributed by atoms with E-state index in [0.29, 0.717) is 18.8 Å². The second-order valence-electron chi connectivity index (χ2n) is 6.70. The highest BCUT2D eigenvalue weighted by atomic mass is 32.2. The lowest BCUT2D eigenvalue weighted by atomic mass is 10.2. The molecule has 0 aliphatic carbocycles. The van der Waals surface area contributed by atoms with Crippen molar-refractivity contribution in [3.8, 4) is 5.75 Å². The first-order valence-corrected chi connectivity index (χ1v) is 11.1. The SMILES string of the molecule is CCCN(CCC)S(=O)(=O)c1ccc(C(=O)Oc2ccc3ccncc3c2)cc1. The summed E-state index contributed by atoms with van der Waals surface area (Å²) in [5.74, 6) is -0.138. The number of hydrogen-bond acceptors (Lipinski definition) is 5. The highest BCUT2D eigenvalue weighted by molar-refractivity contribution is 7.89. The molecule has 6 nitrogen and oxygen atoms in total. The summed E-state index contributed by atoms with van der Waals surface area (Å²) in [4.78, 5) is 16.7. The highest BCUT2D eigenvalue weighted by Crippen LogP contribution is 2.22. The normalized spacial score (nSPS) is 11.7. The number of rotatable bonds is 8. The van der Waals surface area contributed by atoms with Crippen LogP contribution in [0.5, 0.6) is 5.75 Å². The number of carbonyl (C=O) groups is 1. The van der Waals surface area contributed by atoms with Crippen molar-refractivity contribution < 1.29 is 17.9 Å². The molecule has 0 saturated carbocycles. The van der Waals surface area contributed by atoms with Crippen molar-refractivity contribution in [1.29, 1.82) is 0 Å². The first-order valence-electron chi connectivity index (χ1n) is 9.62. The molecule has 0 bridgehead atoms. The van der Waals surface area contributed by atoms with Gasteiger partial charge in [0, 0.05) is 30.9 Å². The van der Waals surface area contributed by atoms with Gasteiger partial charge in [0.25, 0.3) is 0 Å². The Kier molecular flexibility index (Phi) is 6.61.